The summed E-state index contributed by atoms with van der Waals surface area (Å²) in [5.41, 5.74) is 6.22. The fraction of sp³-hybridized carbons (Fsp3) is 0. The van der Waals surface area contributed by atoms with Gasteiger partial charge in [0.25, 0.3) is 11.8 Å². The van der Waals surface area contributed by atoms with E-state index in [4.69, 9.17) is 5.73 Å². The second-order valence-electron chi connectivity index (χ2n) is 3.67. The Hall–Kier alpha value is -2.69. The molecule has 1 heterocycles. The van der Waals surface area contributed by atoms with Crippen molar-refractivity contribution in [2.45, 2.75) is 0 Å². The summed E-state index contributed by atoms with van der Waals surface area (Å²) in [5, 5.41) is 0. The molecule has 0 saturated heterocycles. The number of imide groups is 1. The van der Waals surface area contributed by atoms with Crippen LogP contribution in [0.3, 0.4) is 0 Å². The molecule has 1 aliphatic rings. The number of anilines is 1. The summed E-state index contributed by atoms with van der Waals surface area (Å²) in [4.78, 5) is 34.5. The van der Waals surface area contributed by atoms with Gasteiger partial charge in [0, 0.05) is 18.2 Å². The summed E-state index contributed by atoms with van der Waals surface area (Å²) in [6.45, 7) is 0. The molecule has 0 aliphatic carbocycles. The molecule has 5 nitrogen and oxygen atoms in total. The first-order chi connectivity index (χ1) is 8.58. The number of carbonyl (C=O) groups is 3. The van der Waals surface area contributed by atoms with Crippen LogP contribution in [0.5, 0.6) is 0 Å². The van der Waals surface area contributed by atoms with E-state index in [1.54, 1.807) is 30.3 Å². The van der Waals surface area contributed by atoms with Crippen molar-refractivity contribution < 1.29 is 14.4 Å². The standard InChI is InChI=1S/C13H10N2O3/c14-11(16)6-3-9-1-4-10(5-2-9)15-12(17)7-8-13(15)18/h1-8H,(H2,14,16). The molecule has 0 unspecified atom stereocenters. The molecule has 1 aromatic rings. The van der Waals surface area contributed by atoms with Gasteiger partial charge in [-0.15, -0.1) is 0 Å². The van der Waals surface area contributed by atoms with Crippen molar-refractivity contribution in [3.05, 3.63) is 48.1 Å². The molecule has 1 aromatic carbocycles. The maximum atomic E-state index is 11.4. The van der Waals surface area contributed by atoms with Gasteiger partial charge in [0.05, 0.1) is 5.69 Å². The maximum absolute atomic E-state index is 11.4. The SMILES string of the molecule is NC(=O)C=Cc1ccc(N2C(=O)C=CC2=O)cc1. The van der Waals surface area contributed by atoms with Crippen LogP contribution < -0.4 is 10.6 Å². The Labute approximate surface area is 103 Å². The lowest BCUT2D eigenvalue weighted by Crippen LogP contribution is -2.29. The number of amides is 3. The minimum Gasteiger partial charge on any atom is -0.366 e. The summed E-state index contributed by atoms with van der Waals surface area (Å²) in [5.74, 6) is -1.26. The average Bonchev–Trinajstić information content (AvgIpc) is 2.67. The number of carbonyl (C=O) groups excluding carboxylic acids is 3. The molecule has 2 N–H and O–H groups in total. The molecule has 0 atom stereocenters. The van der Waals surface area contributed by atoms with Crippen LogP contribution in [-0.4, -0.2) is 17.7 Å². The van der Waals surface area contributed by atoms with Gasteiger partial charge >= 0.3 is 0 Å². The number of hydrogen-bond donors (Lipinski definition) is 1. The van der Waals surface area contributed by atoms with E-state index < -0.39 is 5.91 Å². The van der Waals surface area contributed by atoms with Crippen molar-refractivity contribution in [2.24, 2.45) is 5.73 Å². The molecule has 2 rings (SSSR count). The Morgan fingerprint density at radius 1 is 1.06 bits per heavy atom. The fourth-order valence-corrected chi connectivity index (χ4v) is 1.57. The van der Waals surface area contributed by atoms with E-state index in [2.05, 4.69) is 0 Å². The van der Waals surface area contributed by atoms with Crippen LogP contribution in [0.4, 0.5) is 5.69 Å². The Morgan fingerprint density at radius 3 is 2.11 bits per heavy atom. The summed E-state index contributed by atoms with van der Waals surface area (Å²) in [7, 11) is 0. The second-order valence-corrected chi connectivity index (χ2v) is 3.67. The Balaban J connectivity index is 2.20. The lowest BCUT2D eigenvalue weighted by atomic mass is 10.2. The molecule has 18 heavy (non-hydrogen) atoms. The first kappa shape index (κ1) is 11.8. The van der Waals surface area contributed by atoms with Crippen LogP contribution in [0.25, 0.3) is 6.08 Å². The molecule has 0 radical (unpaired) electrons. The van der Waals surface area contributed by atoms with Crippen molar-refractivity contribution in [1.82, 2.24) is 0 Å². The van der Waals surface area contributed by atoms with E-state index in [1.165, 1.54) is 18.2 Å². The summed E-state index contributed by atoms with van der Waals surface area (Å²) in [6, 6.07) is 6.63. The summed E-state index contributed by atoms with van der Waals surface area (Å²) < 4.78 is 0. The van der Waals surface area contributed by atoms with E-state index in [-0.39, 0.29) is 11.8 Å². The Bertz CT molecular complexity index is 552. The second kappa shape index (κ2) is 4.67. The molecule has 1 aliphatic heterocycles. The highest BCUT2D eigenvalue weighted by atomic mass is 16.2. The highest BCUT2D eigenvalue weighted by Gasteiger charge is 2.24. The molecule has 0 fully saturated rings. The van der Waals surface area contributed by atoms with Gasteiger partial charge in [0.2, 0.25) is 5.91 Å². The minimum absolute atomic E-state index is 0.361. The lowest BCUT2D eigenvalue weighted by Gasteiger charge is -2.13. The third-order valence-electron chi connectivity index (χ3n) is 2.40. The average molecular weight is 242 g/mol. The Morgan fingerprint density at radius 2 is 1.61 bits per heavy atom. The molecular formula is C13H10N2O3. The zero-order chi connectivity index (χ0) is 13.1. The van der Waals surface area contributed by atoms with Crippen LogP contribution in [0, 0.1) is 0 Å². The van der Waals surface area contributed by atoms with Gasteiger partial charge in [-0.25, -0.2) is 4.90 Å². The maximum Gasteiger partial charge on any atom is 0.258 e. The monoisotopic (exact) mass is 242 g/mol. The quantitative estimate of drug-likeness (QED) is 0.623. The zero-order valence-corrected chi connectivity index (χ0v) is 9.37. The first-order valence-corrected chi connectivity index (χ1v) is 5.21. The number of benzene rings is 1. The summed E-state index contributed by atoms with van der Waals surface area (Å²) in [6.07, 6.45) is 5.24. The van der Waals surface area contributed by atoms with Crippen molar-refractivity contribution >= 4 is 29.5 Å². The third-order valence-corrected chi connectivity index (χ3v) is 2.40. The van der Waals surface area contributed by atoms with Crippen LogP contribution in [0.15, 0.2) is 42.5 Å². The van der Waals surface area contributed by atoms with Gasteiger partial charge in [-0.05, 0) is 23.8 Å². The fourth-order valence-electron chi connectivity index (χ4n) is 1.57. The molecule has 0 saturated carbocycles. The zero-order valence-electron chi connectivity index (χ0n) is 9.37. The number of rotatable bonds is 3. The largest absolute Gasteiger partial charge is 0.366 e. The van der Waals surface area contributed by atoms with E-state index in [0.717, 1.165) is 10.5 Å². The van der Waals surface area contributed by atoms with Crippen LogP contribution in [0.2, 0.25) is 0 Å². The molecule has 0 aromatic heterocycles. The number of nitrogens with two attached hydrogens (primary N) is 1. The molecule has 0 spiro atoms. The summed E-state index contributed by atoms with van der Waals surface area (Å²) >= 11 is 0. The first-order valence-electron chi connectivity index (χ1n) is 5.21. The van der Waals surface area contributed by atoms with Crippen molar-refractivity contribution in [1.29, 1.82) is 0 Å². The number of hydrogen-bond acceptors (Lipinski definition) is 3. The minimum atomic E-state index is -0.534. The molecular weight excluding hydrogens is 232 g/mol. The number of nitrogens with zero attached hydrogens (tertiary/aromatic N) is 1. The van der Waals surface area contributed by atoms with E-state index in [9.17, 15) is 14.4 Å². The van der Waals surface area contributed by atoms with E-state index in [0.29, 0.717) is 5.69 Å². The smallest absolute Gasteiger partial charge is 0.258 e. The Kier molecular flexibility index (Phi) is 3.05. The van der Waals surface area contributed by atoms with E-state index in [1.807, 2.05) is 0 Å². The molecule has 5 heteroatoms. The highest BCUT2D eigenvalue weighted by Crippen LogP contribution is 2.19. The lowest BCUT2D eigenvalue weighted by molar-refractivity contribution is -0.120. The van der Waals surface area contributed by atoms with Gasteiger partial charge < -0.3 is 5.73 Å². The molecule has 3 amide bonds. The van der Waals surface area contributed by atoms with Crippen LogP contribution >= 0.6 is 0 Å². The van der Waals surface area contributed by atoms with E-state index >= 15 is 0 Å². The molecule has 90 valence electrons. The van der Waals surface area contributed by atoms with Crippen molar-refractivity contribution in [3.8, 4) is 0 Å². The normalized spacial score (nSPS) is 14.8. The third kappa shape index (κ3) is 2.35. The van der Waals surface area contributed by atoms with Crippen molar-refractivity contribution in [2.75, 3.05) is 4.90 Å². The highest BCUT2D eigenvalue weighted by molar-refractivity contribution is 6.28. The van der Waals surface area contributed by atoms with Gasteiger partial charge in [0.1, 0.15) is 0 Å². The topological polar surface area (TPSA) is 80.5 Å². The predicted molar refractivity (Wildman–Crippen MR) is 66.3 cm³/mol. The van der Waals surface area contributed by atoms with Gasteiger partial charge in [-0.1, -0.05) is 12.1 Å². The van der Waals surface area contributed by atoms with Crippen molar-refractivity contribution in [3.63, 3.8) is 0 Å². The number of primary amides is 1. The van der Waals surface area contributed by atoms with Gasteiger partial charge in [0.15, 0.2) is 0 Å². The van der Waals surface area contributed by atoms with Gasteiger partial charge in [-0.2, -0.15) is 0 Å². The van der Waals surface area contributed by atoms with Crippen LogP contribution in [-0.2, 0) is 14.4 Å². The predicted octanol–water partition coefficient (Wildman–Crippen LogP) is 0.615. The van der Waals surface area contributed by atoms with Gasteiger partial charge in [-0.3, -0.25) is 14.4 Å². The molecule has 0 bridgehead atoms. The van der Waals surface area contributed by atoms with Crippen LogP contribution in [0.1, 0.15) is 5.56 Å².